The number of phenolic OH excluding ortho intramolecular Hbond substituents is 1. The number of likely N-dealkylation sites (tertiary alicyclic amines) is 1. The van der Waals surface area contributed by atoms with Crippen molar-refractivity contribution in [3.05, 3.63) is 58.6 Å². The molecule has 2 N–H and O–H groups in total. The highest BCUT2D eigenvalue weighted by molar-refractivity contribution is 6.31. The number of nitrogens with one attached hydrogen (secondary N) is 1. The van der Waals surface area contributed by atoms with Crippen molar-refractivity contribution in [1.82, 2.24) is 4.90 Å². The zero-order chi connectivity index (χ0) is 17.8. The highest BCUT2D eigenvalue weighted by atomic mass is 35.5. The Morgan fingerprint density at radius 1 is 1.24 bits per heavy atom. The van der Waals surface area contributed by atoms with Crippen molar-refractivity contribution in [3.63, 3.8) is 0 Å². The number of benzene rings is 2. The lowest BCUT2D eigenvalue weighted by Crippen LogP contribution is -2.37. The van der Waals surface area contributed by atoms with E-state index in [4.69, 9.17) is 11.6 Å². The smallest absolute Gasteiger partial charge is 0.227 e. The van der Waals surface area contributed by atoms with E-state index in [-0.39, 0.29) is 17.6 Å². The first kappa shape index (κ1) is 17.8. The predicted octanol–water partition coefficient (Wildman–Crippen LogP) is 4.20. The van der Waals surface area contributed by atoms with Crippen LogP contribution in [0.3, 0.4) is 0 Å². The molecule has 0 spiro atoms. The molecule has 5 heteroatoms. The monoisotopic (exact) mass is 358 g/mol. The van der Waals surface area contributed by atoms with Crippen molar-refractivity contribution in [1.29, 1.82) is 0 Å². The van der Waals surface area contributed by atoms with E-state index < -0.39 is 0 Å². The first-order chi connectivity index (χ1) is 12.0. The number of anilines is 1. The molecule has 0 aliphatic carbocycles. The summed E-state index contributed by atoms with van der Waals surface area (Å²) in [5, 5.41) is 13.1. The molecule has 1 heterocycles. The number of aromatic hydroxyl groups is 1. The molecular formula is C20H23ClN2O2. The number of hydrogen-bond donors (Lipinski definition) is 2. The number of hydrogen-bond acceptors (Lipinski definition) is 3. The fourth-order valence-corrected chi connectivity index (χ4v) is 3.44. The van der Waals surface area contributed by atoms with Crippen LogP contribution in [-0.2, 0) is 11.3 Å². The number of nitrogens with zero attached hydrogens (tertiary/aromatic N) is 1. The van der Waals surface area contributed by atoms with Crippen LogP contribution in [0, 0.1) is 12.8 Å². The molecule has 1 aliphatic heterocycles. The van der Waals surface area contributed by atoms with Gasteiger partial charge in [-0.05, 0) is 56.6 Å². The molecule has 0 atom stereocenters. The van der Waals surface area contributed by atoms with Gasteiger partial charge >= 0.3 is 0 Å². The number of amides is 1. The minimum absolute atomic E-state index is 0.0351. The molecule has 1 fully saturated rings. The number of piperidine rings is 1. The Hall–Kier alpha value is -2.04. The van der Waals surface area contributed by atoms with E-state index in [1.807, 2.05) is 0 Å². The maximum Gasteiger partial charge on any atom is 0.227 e. The lowest BCUT2D eigenvalue weighted by Gasteiger charge is -2.31. The highest BCUT2D eigenvalue weighted by Crippen LogP contribution is 2.28. The van der Waals surface area contributed by atoms with E-state index >= 15 is 0 Å². The van der Waals surface area contributed by atoms with Gasteiger partial charge in [0.05, 0.1) is 5.69 Å². The molecule has 0 bridgehead atoms. The topological polar surface area (TPSA) is 52.6 Å². The third-order valence-electron chi connectivity index (χ3n) is 4.66. The number of carbonyl (C=O) groups is 1. The molecule has 25 heavy (non-hydrogen) atoms. The van der Waals surface area contributed by atoms with Gasteiger partial charge in [-0.3, -0.25) is 9.69 Å². The van der Waals surface area contributed by atoms with Crippen LogP contribution in [0.2, 0.25) is 5.02 Å². The van der Waals surface area contributed by atoms with E-state index in [1.54, 1.807) is 12.1 Å². The summed E-state index contributed by atoms with van der Waals surface area (Å²) in [6.07, 6.45) is 1.64. The largest absolute Gasteiger partial charge is 0.506 e. The van der Waals surface area contributed by atoms with Crippen LogP contribution < -0.4 is 5.32 Å². The molecule has 0 saturated carbocycles. The number of halogens is 1. The molecule has 0 unspecified atom stereocenters. The second kappa shape index (κ2) is 7.89. The van der Waals surface area contributed by atoms with Crippen molar-refractivity contribution in [2.24, 2.45) is 5.92 Å². The molecule has 1 amide bonds. The van der Waals surface area contributed by atoms with Crippen molar-refractivity contribution in [2.75, 3.05) is 18.4 Å². The van der Waals surface area contributed by atoms with E-state index in [9.17, 15) is 9.90 Å². The minimum Gasteiger partial charge on any atom is -0.506 e. The summed E-state index contributed by atoms with van der Waals surface area (Å²) in [4.78, 5) is 14.8. The summed E-state index contributed by atoms with van der Waals surface area (Å²) in [6, 6.07) is 13.2. The van der Waals surface area contributed by atoms with Gasteiger partial charge in [0.25, 0.3) is 0 Å². The molecule has 0 radical (unpaired) electrons. The van der Waals surface area contributed by atoms with Gasteiger partial charge in [0.2, 0.25) is 5.91 Å². The Balaban J connectivity index is 1.53. The minimum atomic E-state index is -0.0484. The summed E-state index contributed by atoms with van der Waals surface area (Å²) in [6.45, 7) is 4.82. The maximum atomic E-state index is 12.5. The quantitative estimate of drug-likeness (QED) is 0.805. The summed E-state index contributed by atoms with van der Waals surface area (Å²) in [5.41, 5.74) is 2.96. The van der Waals surface area contributed by atoms with Crippen LogP contribution in [0.4, 0.5) is 5.69 Å². The fourth-order valence-electron chi connectivity index (χ4n) is 3.27. The molecule has 132 valence electrons. The first-order valence-electron chi connectivity index (χ1n) is 8.58. The van der Waals surface area contributed by atoms with Gasteiger partial charge in [-0.15, -0.1) is 0 Å². The fraction of sp³-hybridized carbons (Fsp3) is 0.350. The van der Waals surface area contributed by atoms with Crippen LogP contribution in [0.1, 0.15) is 24.0 Å². The average Bonchev–Trinajstić information content (AvgIpc) is 2.59. The molecule has 4 nitrogen and oxygen atoms in total. The van der Waals surface area contributed by atoms with Gasteiger partial charge in [0.1, 0.15) is 5.75 Å². The molecular weight excluding hydrogens is 336 g/mol. The van der Waals surface area contributed by atoms with Gasteiger partial charge in [0, 0.05) is 17.5 Å². The van der Waals surface area contributed by atoms with Gasteiger partial charge < -0.3 is 10.4 Å². The number of carbonyl (C=O) groups excluding carboxylic acids is 1. The van der Waals surface area contributed by atoms with Crippen molar-refractivity contribution in [3.8, 4) is 5.75 Å². The Bertz CT molecular complexity index is 755. The standard InChI is InChI=1S/C20H23ClN2O2/c1-14-3-2-4-15(11-14)13-23-9-7-16(8-10-23)20(25)22-18-12-17(21)5-6-19(18)24/h2-6,11-12,16,24H,7-10,13H2,1H3,(H,22,25). The van der Waals surface area contributed by atoms with Crippen molar-refractivity contribution in [2.45, 2.75) is 26.3 Å². The summed E-state index contributed by atoms with van der Waals surface area (Å²) < 4.78 is 0. The van der Waals surface area contributed by atoms with Crippen LogP contribution in [0.5, 0.6) is 5.75 Å². The number of phenols is 1. The summed E-state index contributed by atoms with van der Waals surface area (Å²) in [5.74, 6) is -0.0467. The molecule has 0 aromatic heterocycles. The molecule has 2 aromatic rings. The molecule has 2 aromatic carbocycles. The second-order valence-electron chi connectivity index (χ2n) is 6.69. The second-order valence-corrected chi connectivity index (χ2v) is 7.13. The van der Waals surface area contributed by atoms with E-state index in [0.29, 0.717) is 10.7 Å². The van der Waals surface area contributed by atoms with Gasteiger partial charge in [-0.2, -0.15) is 0 Å². The zero-order valence-corrected chi connectivity index (χ0v) is 15.1. The van der Waals surface area contributed by atoms with Crippen LogP contribution >= 0.6 is 11.6 Å². The predicted molar refractivity (Wildman–Crippen MR) is 101 cm³/mol. The first-order valence-corrected chi connectivity index (χ1v) is 8.96. The van der Waals surface area contributed by atoms with Crippen LogP contribution in [0.25, 0.3) is 0 Å². The van der Waals surface area contributed by atoms with Crippen LogP contribution in [-0.4, -0.2) is 29.0 Å². The van der Waals surface area contributed by atoms with Gasteiger partial charge in [0.15, 0.2) is 0 Å². The van der Waals surface area contributed by atoms with Crippen molar-refractivity contribution < 1.29 is 9.90 Å². The third-order valence-corrected chi connectivity index (χ3v) is 4.90. The molecule has 1 saturated heterocycles. The third kappa shape index (κ3) is 4.74. The Labute approximate surface area is 153 Å². The lowest BCUT2D eigenvalue weighted by atomic mass is 9.95. The SMILES string of the molecule is Cc1cccc(CN2CCC(C(=O)Nc3cc(Cl)ccc3O)CC2)c1. The van der Waals surface area contributed by atoms with Gasteiger partial charge in [-0.25, -0.2) is 0 Å². The lowest BCUT2D eigenvalue weighted by molar-refractivity contribution is -0.121. The van der Waals surface area contributed by atoms with E-state index in [0.717, 1.165) is 32.5 Å². The molecule has 3 rings (SSSR count). The summed E-state index contributed by atoms with van der Waals surface area (Å²) >= 11 is 5.92. The molecule has 1 aliphatic rings. The van der Waals surface area contributed by atoms with E-state index in [1.165, 1.54) is 17.2 Å². The number of aryl methyl sites for hydroxylation is 1. The Morgan fingerprint density at radius 3 is 2.72 bits per heavy atom. The average molecular weight is 359 g/mol. The zero-order valence-electron chi connectivity index (χ0n) is 14.3. The highest BCUT2D eigenvalue weighted by Gasteiger charge is 2.25. The Morgan fingerprint density at radius 2 is 2.00 bits per heavy atom. The van der Waals surface area contributed by atoms with Gasteiger partial charge in [-0.1, -0.05) is 41.4 Å². The maximum absolute atomic E-state index is 12.5. The number of rotatable bonds is 4. The van der Waals surface area contributed by atoms with E-state index in [2.05, 4.69) is 41.4 Å². The normalized spacial score (nSPS) is 15.9. The summed E-state index contributed by atoms with van der Waals surface area (Å²) in [7, 11) is 0. The van der Waals surface area contributed by atoms with Crippen LogP contribution in [0.15, 0.2) is 42.5 Å². The van der Waals surface area contributed by atoms with Crippen molar-refractivity contribution >= 4 is 23.2 Å². The Kier molecular flexibility index (Phi) is 5.61.